The zero-order valence-electron chi connectivity index (χ0n) is 12.9. The molecule has 2 atom stereocenters. The lowest BCUT2D eigenvalue weighted by Gasteiger charge is -2.30. The minimum Gasteiger partial charge on any atom is -0.386 e. The van der Waals surface area contributed by atoms with Crippen molar-refractivity contribution in [1.29, 1.82) is 0 Å². The van der Waals surface area contributed by atoms with E-state index in [4.69, 9.17) is 0 Å². The maximum Gasteiger partial charge on any atom is 0.223 e. The molecule has 0 aliphatic carbocycles. The molecule has 1 heterocycles. The fraction of sp³-hybridized carbons (Fsp3) is 0.562. The second kappa shape index (κ2) is 7.15. The average molecular weight is 312 g/mol. The third-order valence-corrected chi connectivity index (χ3v) is 4.22. The summed E-state index contributed by atoms with van der Waals surface area (Å²) in [6.07, 6.45) is 0.498. The molecule has 1 amide bonds. The van der Waals surface area contributed by atoms with Gasteiger partial charge in [0.2, 0.25) is 5.91 Å². The maximum atomic E-state index is 13.2. The first-order chi connectivity index (χ1) is 10.4. The second-order valence-corrected chi connectivity index (χ2v) is 5.99. The van der Waals surface area contributed by atoms with Gasteiger partial charge < -0.3 is 15.3 Å². The van der Waals surface area contributed by atoms with Crippen LogP contribution in [0.25, 0.3) is 0 Å². The summed E-state index contributed by atoms with van der Waals surface area (Å²) in [7, 11) is 2.02. The van der Waals surface area contributed by atoms with E-state index < -0.39 is 23.8 Å². The molecular weight excluding hydrogens is 290 g/mol. The number of aliphatic hydroxyl groups excluding tert-OH is 1. The minimum atomic E-state index is -1.08. The number of likely N-dealkylation sites (tertiary alicyclic amines) is 1. The highest BCUT2D eigenvalue weighted by molar-refractivity contribution is 5.79. The van der Waals surface area contributed by atoms with Crippen molar-refractivity contribution in [3.05, 3.63) is 35.4 Å². The van der Waals surface area contributed by atoms with Crippen LogP contribution in [0.1, 0.15) is 31.4 Å². The van der Waals surface area contributed by atoms with E-state index in [1.54, 1.807) is 6.92 Å². The average Bonchev–Trinajstić information content (AvgIpc) is 2.49. The van der Waals surface area contributed by atoms with Crippen LogP contribution in [0.15, 0.2) is 18.2 Å². The van der Waals surface area contributed by atoms with Gasteiger partial charge in [0.1, 0.15) is 0 Å². The fourth-order valence-electron chi connectivity index (χ4n) is 2.68. The van der Waals surface area contributed by atoms with E-state index in [0.717, 1.165) is 38.1 Å². The van der Waals surface area contributed by atoms with E-state index in [1.165, 1.54) is 6.07 Å². The Hall–Kier alpha value is -1.53. The molecule has 1 aromatic rings. The lowest BCUT2D eigenvalue weighted by atomic mass is 9.95. The molecule has 2 rings (SSSR count). The molecule has 2 N–H and O–H groups in total. The first kappa shape index (κ1) is 16.8. The molecule has 4 nitrogen and oxygen atoms in total. The Morgan fingerprint density at radius 3 is 2.55 bits per heavy atom. The highest BCUT2D eigenvalue weighted by atomic mass is 19.2. The topological polar surface area (TPSA) is 52.6 Å². The van der Waals surface area contributed by atoms with Crippen LogP contribution in [0.4, 0.5) is 8.78 Å². The molecule has 1 aliphatic heterocycles. The number of carbonyl (C=O) groups excluding carboxylic acids is 1. The number of piperidine rings is 1. The zero-order chi connectivity index (χ0) is 16.3. The van der Waals surface area contributed by atoms with Crippen molar-refractivity contribution < 1.29 is 18.7 Å². The Labute approximate surface area is 129 Å². The van der Waals surface area contributed by atoms with Crippen LogP contribution in [0.5, 0.6) is 0 Å². The number of halogens is 2. The van der Waals surface area contributed by atoms with E-state index in [9.17, 15) is 18.7 Å². The van der Waals surface area contributed by atoms with E-state index in [1.807, 2.05) is 7.05 Å². The van der Waals surface area contributed by atoms with Crippen molar-refractivity contribution in [1.82, 2.24) is 10.2 Å². The predicted octanol–water partition coefficient (Wildman–Crippen LogP) is 1.84. The molecule has 1 aromatic carbocycles. The lowest BCUT2D eigenvalue weighted by molar-refractivity contribution is -0.127. The number of benzene rings is 1. The summed E-state index contributed by atoms with van der Waals surface area (Å²) in [5.41, 5.74) is 0.245. The normalized spacial score (nSPS) is 19.7. The Kier molecular flexibility index (Phi) is 5.47. The van der Waals surface area contributed by atoms with Crippen molar-refractivity contribution in [3.8, 4) is 0 Å². The van der Waals surface area contributed by atoms with Crippen molar-refractivity contribution >= 4 is 5.91 Å². The summed E-state index contributed by atoms with van der Waals surface area (Å²) in [5, 5.41) is 13.0. The summed E-state index contributed by atoms with van der Waals surface area (Å²) in [4.78, 5) is 14.4. The number of nitrogens with one attached hydrogen (secondary N) is 1. The van der Waals surface area contributed by atoms with E-state index in [-0.39, 0.29) is 17.4 Å². The van der Waals surface area contributed by atoms with Gasteiger partial charge in [-0.05, 0) is 57.6 Å². The minimum absolute atomic E-state index is 0.0594. The molecule has 0 radical (unpaired) electrons. The molecule has 1 saturated heterocycles. The monoisotopic (exact) mass is 312 g/mol. The highest BCUT2D eigenvalue weighted by Crippen LogP contribution is 2.21. The molecule has 22 heavy (non-hydrogen) atoms. The van der Waals surface area contributed by atoms with Gasteiger partial charge >= 0.3 is 0 Å². The molecule has 0 aromatic heterocycles. The summed E-state index contributed by atoms with van der Waals surface area (Å²) in [6, 6.07) is 2.68. The SMILES string of the molecule is CC(NC(=O)C1CCN(C)CC1)C(O)c1ccc(F)c(F)c1. The van der Waals surface area contributed by atoms with Crippen LogP contribution < -0.4 is 5.32 Å². The number of rotatable bonds is 4. The van der Waals surface area contributed by atoms with Crippen molar-refractivity contribution in [2.24, 2.45) is 5.92 Å². The zero-order valence-corrected chi connectivity index (χ0v) is 12.9. The molecule has 1 aliphatic rings. The third kappa shape index (κ3) is 4.01. The van der Waals surface area contributed by atoms with E-state index in [2.05, 4.69) is 10.2 Å². The van der Waals surface area contributed by atoms with Crippen LogP contribution >= 0.6 is 0 Å². The van der Waals surface area contributed by atoms with Crippen LogP contribution in [-0.4, -0.2) is 42.1 Å². The first-order valence-electron chi connectivity index (χ1n) is 7.50. The second-order valence-electron chi connectivity index (χ2n) is 5.99. The highest BCUT2D eigenvalue weighted by Gasteiger charge is 2.26. The number of hydrogen-bond donors (Lipinski definition) is 2. The quantitative estimate of drug-likeness (QED) is 0.892. The molecular formula is C16H22F2N2O2. The summed E-state index contributed by atoms with van der Waals surface area (Å²) >= 11 is 0. The van der Waals surface area contributed by atoms with Gasteiger partial charge in [-0.1, -0.05) is 6.07 Å². The Balaban J connectivity index is 1.94. The predicted molar refractivity (Wildman–Crippen MR) is 79.1 cm³/mol. The van der Waals surface area contributed by atoms with Crippen LogP contribution in [-0.2, 0) is 4.79 Å². The van der Waals surface area contributed by atoms with E-state index in [0.29, 0.717) is 0 Å². The van der Waals surface area contributed by atoms with Crippen LogP contribution in [0.2, 0.25) is 0 Å². The Morgan fingerprint density at radius 2 is 1.95 bits per heavy atom. The van der Waals surface area contributed by atoms with Gasteiger partial charge in [-0.2, -0.15) is 0 Å². The van der Waals surface area contributed by atoms with Gasteiger partial charge in [0, 0.05) is 5.92 Å². The third-order valence-electron chi connectivity index (χ3n) is 4.22. The van der Waals surface area contributed by atoms with Gasteiger partial charge in [-0.25, -0.2) is 8.78 Å². The molecule has 0 spiro atoms. The number of hydrogen-bond acceptors (Lipinski definition) is 3. The molecule has 6 heteroatoms. The number of aliphatic hydroxyl groups is 1. The molecule has 0 bridgehead atoms. The fourth-order valence-corrected chi connectivity index (χ4v) is 2.68. The molecule has 122 valence electrons. The number of carbonyl (C=O) groups is 1. The van der Waals surface area contributed by atoms with E-state index >= 15 is 0 Å². The molecule has 2 unspecified atom stereocenters. The van der Waals surface area contributed by atoms with Gasteiger partial charge in [-0.15, -0.1) is 0 Å². The number of amides is 1. The van der Waals surface area contributed by atoms with Gasteiger partial charge in [-0.3, -0.25) is 4.79 Å². The Morgan fingerprint density at radius 1 is 1.32 bits per heavy atom. The maximum absolute atomic E-state index is 13.2. The first-order valence-corrected chi connectivity index (χ1v) is 7.50. The number of nitrogens with zero attached hydrogens (tertiary/aromatic N) is 1. The smallest absolute Gasteiger partial charge is 0.223 e. The summed E-state index contributed by atoms with van der Waals surface area (Å²) in [6.45, 7) is 3.40. The van der Waals surface area contributed by atoms with Crippen LogP contribution in [0, 0.1) is 17.6 Å². The Bertz CT molecular complexity index is 531. The molecule has 0 saturated carbocycles. The van der Waals surface area contributed by atoms with Crippen LogP contribution in [0.3, 0.4) is 0 Å². The standard InChI is InChI=1S/C16H22F2N2O2/c1-10(15(21)12-3-4-13(17)14(18)9-12)19-16(22)11-5-7-20(2)8-6-11/h3-4,9-11,15,21H,5-8H2,1-2H3,(H,19,22). The van der Waals surface area contributed by atoms with Gasteiger partial charge in [0.15, 0.2) is 11.6 Å². The van der Waals surface area contributed by atoms with Crippen molar-refractivity contribution in [2.75, 3.05) is 20.1 Å². The summed E-state index contributed by atoms with van der Waals surface area (Å²) in [5.74, 6) is -2.12. The van der Waals surface area contributed by atoms with Gasteiger partial charge in [0.05, 0.1) is 12.1 Å². The van der Waals surface area contributed by atoms with Gasteiger partial charge in [0.25, 0.3) is 0 Å². The van der Waals surface area contributed by atoms with Crippen molar-refractivity contribution in [3.63, 3.8) is 0 Å². The summed E-state index contributed by atoms with van der Waals surface area (Å²) < 4.78 is 26.1. The largest absolute Gasteiger partial charge is 0.386 e. The van der Waals surface area contributed by atoms with Crippen molar-refractivity contribution in [2.45, 2.75) is 31.9 Å². The lowest BCUT2D eigenvalue weighted by Crippen LogP contribution is -2.44. The molecule has 1 fully saturated rings.